The van der Waals surface area contributed by atoms with Crippen LogP contribution in [0.1, 0.15) is 18.9 Å². The monoisotopic (exact) mass is 333 g/mol. The summed E-state index contributed by atoms with van der Waals surface area (Å²) in [5.74, 6) is 1.27. The van der Waals surface area contributed by atoms with Gasteiger partial charge in [-0.25, -0.2) is 0 Å². The third kappa shape index (κ3) is 3.33. The van der Waals surface area contributed by atoms with Gasteiger partial charge in [-0.3, -0.25) is 4.55 Å². The number of hydrogen-bond acceptors (Lipinski definition) is 4. The van der Waals surface area contributed by atoms with E-state index < -0.39 is 10.1 Å². The Labute approximate surface area is 136 Å². The third-order valence-electron chi connectivity index (χ3n) is 3.89. The summed E-state index contributed by atoms with van der Waals surface area (Å²) in [5.41, 5.74) is 3.03. The maximum atomic E-state index is 11.0. The Hall–Kier alpha value is -2.05. The van der Waals surface area contributed by atoms with E-state index in [1.54, 1.807) is 0 Å². The number of rotatable bonds is 5. The van der Waals surface area contributed by atoms with Crippen molar-refractivity contribution in [3.05, 3.63) is 48.0 Å². The second-order valence-electron chi connectivity index (χ2n) is 5.48. The highest BCUT2D eigenvalue weighted by Gasteiger charge is 2.26. The van der Waals surface area contributed by atoms with E-state index in [-0.39, 0.29) is 5.75 Å². The van der Waals surface area contributed by atoms with Crippen molar-refractivity contribution >= 4 is 21.5 Å². The second kappa shape index (κ2) is 6.22. The number of anilines is 2. The first-order valence-electron chi connectivity index (χ1n) is 7.61. The van der Waals surface area contributed by atoms with Crippen molar-refractivity contribution in [1.29, 1.82) is 0 Å². The highest BCUT2D eigenvalue weighted by atomic mass is 32.2. The molecule has 0 bridgehead atoms. The van der Waals surface area contributed by atoms with E-state index in [9.17, 15) is 8.42 Å². The number of aryl methyl sites for hydroxylation is 1. The van der Waals surface area contributed by atoms with Gasteiger partial charge in [0.05, 0.1) is 17.1 Å². The largest absolute Gasteiger partial charge is 0.453 e. The maximum Gasteiger partial charge on any atom is 0.264 e. The van der Waals surface area contributed by atoms with Crippen LogP contribution in [0.25, 0.3) is 0 Å². The minimum atomic E-state index is -3.95. The van der Waals surface area contributed by atoms with E-state index >= 15 is 0 Å². The molecule has 5 nitrogen and oxygen atoms in total. The summed E-state index contributed by atoms with van der Waals surface area (Å²) in [4.78, 5) is 2.08. The zero-order valence-electron chi connectivity index (χ0n) is 12.9. The van der Waals surface area contributed by atoms with Crippen molar-refractivity contribution in [1.82, 2.24) is 0 Å². The van der Waals surface area contributed by atoms with Gasteiger partial charge in [-0.1, -0.05) is 31.2 Å². The van der Waals surface area contributed by atoms with Gasteiger partial charge in [0, 0.05) is 6.54 Å². The second-order valence-corrected chi connectivity index (χ2v) is 7.05. The van der Waals surface area contributed by atoms with E-state index in [4.69, 9.17) is 9.29 Å². The first kappa shape index (κ1) is 15.8. The van der Waals surface area contributed by atoms with E-state index in [0.29, 0.717) is 13.0 Å². The molecule has 0 unspecified atom stereocenters. The Morgan fingerprint density at radius 3 is 2.57 bits per heavy atom. The summed E-state index contributed by atoms with van der Waals surface area (Å²) >= 11 is 0. The molecule has 0 aliphatic carbocycles. The first-order valence-corrected chi connectivity index (χ1v) is 9.22. The fourth-order valence-electron chi connectivity index (χ4n) is 2.88. The van der Waals surface area contributed by atoms with Gasteiger partial charge in [-0.15, -0.1) is 0 Å². The molecule has 0 saturated carbocycles. The molecular formula is C17H19NO4S. The van der Waals surface area contributed by atoms with Gasteiger partial charge in [0.25, 0.3) is 10.1 Å². The van der Waals surface area contributed by atoms with Gasteiger partial charge in [0.2, 0.25) is 0 Å². The average molecular weight is 333 g/mol. The van der Waals surface area contributed by atoms with Crippen LogP contribution in [0.15, 0.2) is 42.5 Å². The van der Waals surface area contributed by atoms with Crippen LogP contribution in [0.2, 0.25) is 0 Å². The zero-order chi connectivity index (χ0) is 16.4. The van der Waals surface area contributed by atoms with E-state index in [0.717, 1.165) is 34.9 Å². The van der Waals surface area contributed by atoms with Crippen LogP contribution < -0.4 is 9.64 Å². The van der Waals surface area contributed by atoms with Crippen molar-refractivity contribution in [2.75, 3.05) is 17.2 Å². The van der Waals surface area contributed by atoms with Crippen molar-refractivity contribution in [2.45, 2.75) is 19.8 Å². The molecule has 0 radical (unpaired) electrons. The summed E-state index contributed by atoms with van der Waals surface area (Å²) in [5, 5.41) is 0. The zero-order valence-corrected chi connectivity index (χ0v) is 13.7. The molecule has 1 heterocycles. The molecule has 23 heavy (non-hydrogen) atoms. The molecule has 1 aliphatic heterocycles. The maximum absolute atomic E-state index is 11.0. The van der Waals surface area contributed by atoms with Crippen LogP contribution in [-0.4, -0.2) is 25.3 Å². The normalized spacial score (nSPS) is 13.2. The SMILES string of the molecule is CCc1cccc2c1N(CCCS(=O)(=O)O)c1ccccc1O2. The lowest BCUT2D eigenvalue weighted by molar-refractivity contribution is 0.470. The number of nitrogens with zero attached hydrogens (tertiary/aromatic N) is 1. The smallest absolute Gasteiger partial charge is 0.264 e. The van der Waals surface area contributed by atoms with Gasteiger partial charge < -0.3 is 9.64 Å². The number of fused-ring (bicyclic) bond motifs is 2. The third-order valence-corrected chi connectivity index (χ3v) is 4.70. The molecule has 1 N–H and O–H groups in total. The standard InChI is InChI=1S/C17H19NO4S/c1-2-13-7-5-10-16-17(13)18(11-6-12-23(19,20)21)14-8-3-4-9-15(14)22-16/h3-5,7-10H,2,6,11-12H2,1H3,(H,19,20,21). The fraction of sp³-hybridized carbons (Fsp3) is 0.294. The fourth-order valence-corrected chi connectivity index (χ4v) is 3.38. The van der Waals surface area contributed by atoms with Crippen LogP contribution in [0, 0.1) is 0 Å². The lowest BCUT2D eigenvalue weighted by atomic mass is 10.1. The Morgan fingerprint density at radius 1 is 1.09 bits per heavy atom. The van der Waals surface area contributed by atoms with Crippen molar-refractivity contribution in [3.8, 4) is 11.5 Å². The molecule has 0 fully saturated rings. The molecular weight excluding hydrogens is 314 g/mol. The predicted octanol–water partition coefficient (Wildman–Crippen LogP) is 3.77. The molecule has 6 heteroatoms. The Bertz CT molecular complexity index is 817. The molecule has 0 aromatic heterocycles. The quantitative estimate of drug-likeness (QED) is 0.844. The van der Waals surface area contributed by atoms with Crippen LogP contribution in [0.4, 0.5) is 11.4 Å². The molecule has 2 aromatic carbocycles. The van der Waals surface area contributed by atoms with Crippen LogP contribution in [0.5, 0.6) is 11.5 Å². The molecule has 3 rings (SSSR count). The van der Waals surface area contributed by atoms with Crippen molar-refractivity contribution in [2.24, 2.45) is 0 Å². The van der Waals surface area contributed by atoms with Gasteiger partial charge in [0.15, 0.2) is 11.5 Å². The highest BCUT2D eigenvalue weighted by Crippen LogP contribution is 2.48. The Morgan fingerprint density at radius 2 is 1.83 bits per heavy atom. The molecule has 0 amide bonds. The summed E-state index contributed by atoms with van der Waals surface area (Å²) in [6.07, 6.45) is 1.19. The molecule has 0 spiro atoms. The van der Waals surface area contributed by atoms with Crippen LogP contribution in [0.3, 0.4) is 0 Å². The van der Waals surface area contributed by atoms with Gasteiger partial charge in [-0.2, -0.15) is 8.42 Å². The molecule has 2 aromatic rings. The van der Waals surface area contributed by atoms with E-state index in [1.807, 2.05) is 42.5 Å². The van der Waals surface area contributed by atoms with Crippen molar-refractivity contribution < 1.29 is 17.7 Å². The topological polar surface area (TPSA) is 66.8 Å². The van der Waals surface area contributed by atoms with Crippen LogP contribution in [-0.2, 0) is 16.5 Å². The lowest BCUT2D eigenvalue weighted by Gasteiger charge is -2.34. The van der Waals surface area contributed by atoms with Gasteiger partial charge in [0.1, 0.15) is 0 Å². The number of hydrogen-bond donors (Lipinski definition) is 1. The molecule has 1 aliphatic rings. The van der Waals surface area contributed by atoms with Gasteiger partial charge >= 0.3 is 0 Å². The molecule has 0 atom stereocenters. The van der Waals surface area contributed by atoms with E-state index in [1.165, 1.54) is 0 Å². The lowest BCUT2D eigenvalue weighted by Crippen LogP contribution is -2.25. The molecule has 0 saturated heterocycles. The number of ether oxygens (including phenoxy) is 1. The minimum Gasteiger partial charge on any atom is -0.453 e. The minimum absolute atomic E-state index is 0.254. The summed E-state index contributed by atoms with van der Waals surface area (Å²) in [6.45, 7) is 2.57. The summed E-state index contributed by atoms with van der Waals surface area (Å²) in [7, 11) is -3.95. The average Bonchev–Trinajstić information content (AvgIpc) is 2.52. The summed E-state index contributed by atoms with van der Waals surface area (Å²) < 4.78 is 37.0. The van der Waals surface area contributed by atoms with Crippen LogP contribution >= 0.6 is 0 Å². The molecule has 122 valence electrons. The Balaban J connectivity index is 1.99. The first-order chi connectivity index (χ1) is 11.0. The van der Waals surface area contributed by atoms with E-state index in [2.05, 4.69) is 11.8 Å². The highest BCUT2D eigenvalue weighted by molar-refractivity contribution is 7.85. The van der Waals surface area contributed by atoms with Crippen molar-refractivity contribution in [3.63, 3.8) is 0 Å². The summed E-state index contributed by atoms with van der Waals surface area (Å²) in [6, 6.07) is 13.6. The Kier molecular flexibility index (Phi) is 4.28. The predicted molar refractivity (Wildman–Crippen MR) is 90.4 cm³/mol. The number of para-hydroxylation sites is 3. The van der Waals surface area contributed by atoms with Gasteiger partial charge in [-0.05, 0) is 36.6 Å². The number of benzene rings is 2.